The Kier molecular flexibility index (Phi) is 5.84. The quantitative estimate of drug-likeness (QED) is 0.668. The van der Waals surface area contributed by atoms with Crippen LogP contribution >= 0.6 is 0 Å². The molecule has 0 aliphatic heterocycles. The lowest BCUT2D eigenvalue weighted by molar-refractivity contribution is -0.119. The Morgan fingerprint density at radius 1 is 1.00 bits per heavy atom. The molecule has 0 N–H and O–H groups in total. The van der Waals surface area contributed by atoms with E-state index in [-0.39, 0.29) is 6.54 Å². The van der Waals surface area contributed by atoms with Crippen molar-refractivity contribution in [3.05, 3.63) is 46.1 Å². The van der Waals surface area contributed by atoms with Crippen molar-refractivity contribution in [2.75, 3.05) is 18.0 Å². The van der Waals surface area contributed by atoms with Crippen LogP contribution in [-0.4, -0.2) is 24.2 Å². The molecule has 0 aliphatic carbocycles. The zero-order valence-corrected chi connectivity index (χ0v) is 16.1. The van der Waals surface area contributed by atoms with Gasteiger partial charge in [0.1, 0.15) is 12.3 Å². The first-order chi connectivity index (χ1) is 12.0. The highest BCUT2D eigenvalue weighted by molar-refractivity contribution is 5.59. The van der Waals surface area contributed by atoms with Gasteiger partial charge in [-0.3, -0.25) is 0 Å². The van der Waals surface area contributed by atoms with Gasteiger partial charge in [-0.25, -0.2) is 4.98 Å². The minimum atomic E-state index is -4.27. The largest absolute Gasteiger partial charge is 0.438 e. The molecule has 26 heavy (non-hydrogen) atoms. The van der Waals surface area contributed by atoms with Crippen LogP contribution in [0.25, 0.3) is 0 Å². The Labute approximate surface area is 152 Å². The number of ether oxygens (including phenoxy) is 1. The summed E-state index contributed by atoms with van der Waals surface area (Å²) in [6.07, 6.45) is -4.27. The van der Waals surface area contributed by atoms with Gasteiger partial charge in [-0.1, -0.05) is 17.7 Å². The second-order valence-electron chi connectivity index (χ2n) is 6.67. The molecule has 0 aliphatic rings. The van der Waals surface area contributed by atoms with E-state index in [4.69, 9.17) is 4.74 Å². The van der Waals surface area contributed by atoms with E-state index in [1.807, 2.05) is 32.9 Å². The maximum Gasteiger partial charge on any atom is 0.405 e. The lowest BCUT2D eigenvalue weighted by Crippen LogP contribution is -2.34. The average Bonchev–Trinajstić information content (AvgIpc) is 2.50. The fourth-order valence-electron chi connectivity index (χ4n) is 3.13. The molecule has 1 aromatic heterocycles. The van der Waals surface area contributed by atoms with Crippen LogP contribution in [0.2, 0.25) is 0 Å². The van der Waals surface area contributed by atoms with Crippen LogP contribution in [0.1, 0.15) is 34.9 Å². The second-order valence-corrected chi connectivity index (χ2v) is 6.67. The van der Waals surface area contributed by atoms with E-state index in [9.17, 15) is 13.2 Å². The molecule has 0 saturated heterocycles. The zero-order valence-electron chi connectivity index (χ0n) is 16.1. The number of pyridine rings is 1. The maximum atomic E-state index is 12.9. The zero-order chi connectivity index (χ0) is 19.6. The molecule has 142 valence electrons. The topological polar surface area (TPSA) is 25.4 Å². The summed E-state index contributed by atoms with van der Waals surface area (Å²) in [5.41, 5.74) is 4.77. The van der Waals surface area contributed by atoms with Gasteiger partial charge in [0, 0.05) is 23.5 Å². The highest BCUT2D eigenvalue weighted by Crippen LogP contribution is 2.35. The van der Waals surface area contributed by atoms with Crippen molar-refractivity contribution in [2.45, 2.75) is 47.7 Å². The fourth-order valence-corrected chi connectivity index (χ4v) is 3.13. The van der Waals surface area contributed by atoms with E-state index >= 15 is 0 Å². The van der Waals surface area contributed by atoms with Crippen LogP contribution < -0.4 is 9.64 Å². The summed E-state index contributed by atoms with van der Waals surface area (Å²) in [5, 5.41) is 0. The first kappa shape index (κ1) is 20.1. The molecule has 0 atom stereocenters. The Bertz CT molecular complexity index is 777. The van der Waals surface area contributed by atoms with Crippen LogP contribution in [0.15, 0.2) is 18.2 Å². The number of rotatable bonds is 5. The number of anilines is 1. The van der Waals surface area contributed by atoms with Crippen LogP contribution in [0, 0.1) is 34.6 Å². The maximum absolute atomic E-state index is 12.9. The van der Waals surface area contributed by atoms with Gasteiger partial charge in [0.15, 0.2) is 0 Å². The van der Waals surface area contributed by atoms with Gasteiger partial charge in [0.2, 0.25) is 5.88 Å². The smallest absolute Gasteiger partial charge is 0.405 e. The highest BCUT2D eigenvalue weighted by atomic mass is 19.4. The Balaban J connectivity index is 2.47. The van der Waals surface area contributed by atoms with E-state index in [1.165, 1.54) is 4.90 Å². The minimum absolute atomic E-state index is 0.242. The van der Waals surface area contributed by atoms with Crippen molar-refractivity contribution in [1.82, 2.24) is 4.98 Å². The molecule has 2 rings (SSSR count). The first-order valence-electron chi connectivity index (χ1n) is 8.57. The highest BCUT2D eigenvalue weighted by Gasteiger charge is 2.31. The molecular weight excluding hydrogens is 341 g/mol. The molecule has 2 aromatic rings. The SMILES string of the molecule is CCN(CC(F)(F)F)c1cc(C)nc(Oc2c(C)cc(C)cc2C)c1C. The van der Waals surface area contributed by atoms with Gasteiger partial charge in [-0.15, -0.1) is 0 Å². The van der Waals surface area contributed by atoms with Gasteiger partial charge < -0.3 is 9.64 Å². The van der Waals surface area contributed by atoms with Crippen LogP contribution in [0.3, 0.4) is 0 Å². The molecule has 1 aromatic carbocycles. The predicted octanol–water partition coefficient (Wildman–Crippen LogP) is 5.80. The number of hydrogen-bond acceptors (Lipinski definition) is 3. The fraction of sp³-hybridized carbons (Fsp3) is 0.450. The predicted molar refractivity (Wildman–Crippen MR) is 98.4 cm³/mol. The van der Waals surface area contributed by atoms with E-state index in [1.54, 1.807) is 26.8 Å². The molecule has 0 saturated carbocycles. The third-order valence-electron chi connectivity index (χ3n) is 4.22. The molecule has 0 bridgehead atoms. The molecule has 6 heteroatoms. The molecule has 0 fully saturated rings. The number of benzene rings is 1. The Morgan fingerprint density at radius 3 is 2.08 bits per heavy atom. The van der Waals surface area contributed by atoms with Gasteiger partial charge >= 0.3 is 6.18 Å². The van der Waals surface area contributed by atoms with Crippen molar-refractivity contribution in [1.29, 1.82) is 0 Å². The summed E-state index contributed by atoms with van der Waals surface area (Å²) in [6.45, 7) is 10.3. The number of alkyl halides is 3. The molecule has 0 spiro atoms. The third kappa shape index (κ3) is 4.68. The molecule has 1 heterocycles. The van der Waals surface area contributed by atoms with E-state index in [0.717, 1.165) is 16.7 Å². The minimum Gasteiger partial charge on any atom is -0.438 e. The van der Waals surface area contributed by atoms with Crippen molar-refractivity contribution in [3.8, 4) is 11.6 Å². The summed E-state index contributed by atoms with van der Waals surface area (Å²) in [5.74, 6) is 1.04. The van der Waals surface area contributed by atoms with Crippen molar-refractivity contribution >= 4 is 5.69 Å². The molecular formula is C20H25F3N2O. The van der Waals surface area contributed by atoms with E-state index in [0.29, 0.717) is 28.6 Å². The average molecular weight is 366 g/mol. The van der Waals surface area contributed by atoms with Gasteiger partial charge in [-0.2, -0.15) is 13.2 Å². The molecule has 0 radical (unpaired) electrons. The van der Waals surface area contributed by atoms with Gasteiger partial charge in [-0.05, 0) is 58.7 Å². The monoisotopic (exact) mass is 366 g/mol. The Hall–Kier alpha value is -2.24. The van der Waals surface area contributed by atoms with E-state index < -0.39 is 12.7 Å². The van der Waals surface area contributed by atoms with Crippen molar-refractivity contribution in [2.24, 2.45) is 0 Å². The second kappa shape index (κ2) is 7.56. The van der Waals surface area contributed by atoms with Crippen LogP contribution in [0.5, 0.6) is 11.6 Å². The van der Waals surface area contributed by atoms with Crippen LogP contribution in [0.4, 0.5) is 18.9 Å². The molecule has 0 amide bonds. The summed E-state index contributed by atoms with van der Waals surface area (Å²) >= 11 is 0. The Morgan fingerprint density at radius 2 is 1.58 bits per heavy atom. The van der Waals surface area contributed by atoms with Crippen molar-refractivity contribution in [3.63, 3.8) is 0 Å². The molecule has 0 unspecified atom stereocenters. The summed E-state index contributed by atoms with van der Waals surface area (Å²) in [6, 6.07) is 5.69. The normalized spacial score (nSPS) is 11.6. The van der Waals surface area contributed by atoms with Crippen LogP contribution in [-0.2, 0) is 0 Å². The summed E-state index contributed by atoms with van der Waals surface area (Å²) in [4.78, 5) is 5.71. The van der Waals surface area contributed by atoms with E-state index in [2.05, 4.69) is 4.98 Å². The standard InChI is InChI=1S/C20H25F3N2O/c1-7-25(11-20(21,22)23)17-10-15(5)24-19(16(17)6)26-18-13(3)8-12(2)9-14(18)4/h8-10H,7,11H2,1-6H3. The lowest BCUT2D eigenvalue weighted by atomic mass is 10.1. The lowest BCUT2D eigenvalue weighted by Gasteiger charge is -2.27. The number of nitrogens with zero attached hydrogens (tertiary/aromatic N) is 2. The third-order valence-corrected chi connectivity index (χ3v) is 4.22. The number of halogens is 3. The summed E-state index contributed by atoms with van der Waals surface area (Å²) < 4.78 is 44.8. The van der Waals surface area contributed by atoms with Gasteiger partial charge in [0.25, 0.3) is 0 Å². The molecule has 3 nitrogen and oxygen atoms in total. The van der Waals surface area contributed by atoms with Crippen molar-refractivity contribution < 1.29 is 17.9 Å². The summed E-state index contributed by atoms with van der Waals surface area (Å²) in [7, 11) is 0. The number of aromatic nitrogens is 1. The number of hydrogen-bond donors (Lipinski definition) is 0. The first-order valence-corrected chi connectivity index (χ1v) is 8.57. The van der Waals surface area contributed by atoms with Gasteiger partial charge in [0.05, 0.1) is 0 Å². The number of aryl methyl sites for hydroxylation is 4.